The zero-order valence-electron chi connectivity index (χ0n) is 7.24. The largest absolute Gasteiger partial charge is 0.304 e. The van der Waals surface area contributed by atoms with Crippen LogP contribution in [-0.4, -0.2) is 23.2 Å². The number of nitrogens with zero attached hydrogens (tertiary/aromatic N) is 2. The summed E-state index contributed by atoms with van der Waals surface area (Å²) in [6.07, 6.45) is 3.50. The van der Waals surface area contributed by atoms with Gasteiger partial charge in [-0.2, -0.15) is 0 Å². The first-order valence-corrected chi connectivity index (χ1v) is 4.93. The third kappa shape index (κ3) is 1.55. The van der Waals surface area contributed by atoms with Crippen LogP contribution < -0.4 is 4.90 Å². The van der Waals surface area contributed by atoms with Crippen LogP contribution in [0.3, 0.4) is 0 Å². The average molecular weight is 255 g/mol. The molecule has 0 atom stereocenters. The molecule has 1 aliphatic heterocycles. The number of carbonyl (C=O) groups is 2. The molecule has 1 fully saturated rings. The average Bonchev–Trinajstić information content (AvgIpc) is 2.48. The summed E-state index contributed by atoms with van der Waals surface area (Å²) >= 11 is 3.26. The van der Waals surface area contributed by atoms with E-state index in [0.29, 0.717) is 18.7 Å². The monoisotopic (exact) mass is 254 g/mol. The molecular formula is C9H7BrN2O2. The molecule has 0 saturated carbocycles. The molecule has 0 N–H and O–H groups in total. The van der Waals surface area contributed by atoms with Crippen molar-refractivity contribution in [1.29, 1.82) is 0 Å². The number of amides is 1. The van der Waals surface area contributed by atoms with Gasteiger partial charge in [-0.1, -0.05) is 0 Å². The quantitative estimate of drug-likeness (QED) is 0.707. The minimum absolute atomic E-state index is 0.297. The summed E-state index contributed by atoms with van der Waals surface area (Å²) < 4.78 is 0.794. The molecule has 4 nitrogen and oxygen atoms in total. The maximum Gasteiger partial charge on any atom is 0.294 e. The Morgan fingerprint density at radius 2 is 2.14 bits per heavy atom. The number of rotatable bonds is 1. The lowest BCUT2D eigenvalue weighted by Gasteiger charge is -2.13. The van der Waals surface area contributed by atoms with Crippen LogP contribution in [0, 0.1) is 0 Å². The molecule has 2 heterocycles. The van der Waals surface area contributed by atoms with Gasteiger partial charge in [-0.05, 0) is 22.0 Å². The fraction of sp³-hybridized carbons (Fsp3) is 0.222. The van der Waals surface area contributed by atoms with E-state index in [4.69, 9.17) is 0 Å². The molecule has 0 radical (unpaired) electrons. The van der Waals surface area contributed by atoms with E-state index >= 15 is 0 Å². The molecule has 0 unspecified atom stereocenters. The second-order valence-electron chi connectivity index (χ2n) is 2.99. The molecule has 72 valence electrons. The maximum atomic E-state index is 11.4. The fourth-order valence-corrected chi connectivity index (χ4v) is 1.72. The summed E-state index contributed by atoms with van der Waals surface area (Å²) in [5, 5.41) is 0. The minimum Gasteiger partial charge on any atom is -0.304 e. The Balaban J connectivity index is 2.32. The van der Waals surface area contributed by atoms with Crippen LogP contribution in [-0.2, 0) is 9.59 Å². The molecular weight excluding hydrogens is 248 g/mol. The van der Waals surface area contributed by atoms with Crippen LogP contribution in [0.5, 0.6) is 0 Å². The topological polar surface area (TPSA) is 50.3 Å². The third-order valence-electron chi connectivity index (χ3n) is 2.05. The SMILES string of the molecule is O=C1CCN(c2cncc(Br)c2)C1=O. The number of halogens is 1. The number of ketones is 1. The lowest BCUT2D eigenvalue weighted by Crippen LogP contribution is -2.26. The van der Waals surface area contributed by atoms with Crippen LogP contribution in [0.25, 0.3) is 0 Å². The van der Waals surface area contributed by atoms with E-state index in [1.165, 1.54) is 4.90 Å². The van der Waals surface area contributed by atoms with Gasteiger partial charge in [0.1, 0.15) is 0 Å². The third-order valence-corrected chi connectivity index (χ3v) is 2.48. The smallest absolute Gasteiger partial charge is 0.294 e. The zero-order valence-corrected chi connectivity index (χ0v) is 8.82. The van der Waals surface area contributed by atoms with Crippen LogP contribution in [0.2, 0.25) is 0 Å². The highest BCUT2D eigenvalue weighted by Gasteiger charge is 2.30. The van der Waals surface area contributed by atoms with Crippen molar-refractivity contribution >= 4 is 33.3 Å². The van der Waals surface area contributed by atoms with Crippen molar-refractivity contribution in [3.8, 4) is 0 Å². The Morgan fingerprint density at radius 1 is 1.36 bits per heavy atom. The van der Waals surface area contributed by atoms with Gasteiger partial charge in [-0.15, -0.1) is 0 Å². The van der Waals surface area contributed by atoms with E-state index in [1.54, 1.807) is 18.5 Å². The van der Waals surface area contributed by atoms with Gasteiger partial charge in [0, 0.05) is 23.6 Å². The normalized spacial score (nSPS) is 16.5. The second kappa shape index (κ2) is 3.49. The van der Waals surface area contributed by atoms with Gasteiger partial charge >= 0.3 is 0 Å². The van der Waals surface area contributed by atoms with Gasteiger partial charge in [-0.3, -0.25) is 14.6 Å². The van der Waals surface area contributed by atoms with E-state index < -0.39 is 5.91 Å². The minimum atomic E-state index is -0.440. The molecule has 5 heteroatoms. The number of aromatic nitrogens is 1. The van der Waals surface area contributed by atoms with Gasteiger partial charge in [0.25, 0.3) is 5.91 Å². The molecule has 0 bridgehead atoms. The summed E-state index contributed by atoms with van der Waals surface area (Å²) in [6.45, 7) is 0.454. The van der Waals surface area contributed by atoms with Crippen molar-refractivity contribution < 1.29 is 9.59 Å². The Hall–Kier alpha value is -1.23. The maximum absolute atomic E-state index is 11.4. The van der Waals surface area contributed by atoms with E-state index in [2.05, 4.69) is 20.9 Å². The number of hydrogen-bond acceptors (Lipinski definition) is 3. The van der Waals surface area contributed by atoms with Gasteiger partial charge < -0.3 is 4.90 Å². The molecule has 1 aromatic rings. The molecule has 0 aliphatic carbocycles. The Kier molecular flexibility index (Phi) is 2.33. The first-order valence-electron chi connectivity index (χ1n) is 4.14. The van der Waals surface area contributed by atoms with E-state index in [-0.39, 0.29) is 5.78 Å². The molecule has 1 saturated heterocycles. The van der Waals surface area contributed by atoms with E-state index in [9.17, 15) is 9.59 Å². The molecule has 2 rings (SSSR count). The van der Waals surface area contributed by atoms with E-state index in [0.717, 1.165) is 4.47 Å². The summed E-state index contributed by atoms with van der Waals surface area (Å²) in [5.41, 5.74) is 0.662. The summed E-state index contributed by atoms with van der Waals surface area (Å²) in [4.78, 5) is 27.8. The van der Waals surface area contributed by atoms with Crippen molar-refractivity contribution in [1.82, 2.24) is 4.98 Å². The van der Waals surface area contributed by atoms with Crippen molar-refractivity contribution in [3.05, 3.63) is 22.9 Å². The first kappa shape index (κ1) is 9.33. The predicted molar refractivity (Wildman–Crippen MR) is 53.9 cm³/mol. The molecule has 1 aliphatic rings. The predicted octanol–water partition coefficient (Wildman–Crippen LogP) is 1.15. The standard InChI is InChI=1S/C9H7BrN2O2/c10-6-3-7(5-11-4-6)12-2-1-8(13)9(12)14/h3-5H,1-2H2. The highest BCUT2D eigenvalue weighted by molar-refractivity contribution is 9.10. The first-order chi connectivity index (χ1) is 6.68. The molecule has 0 aromatic carbocycles. The summed E-state index contributed by atoms with van der Waals surface area (Å²) in [5.74, 6) is -0.769. The van der Waals surface area contributed by atoms with Crippen LogP contribution in [0.1, 0.15) is 6.42 Å². The number of pyridine rings is 1. The van der Waals surface area contributed by atoms with Crippen molar-refractivity contribution in [2.75, 3.05) is 11.4 Å². The lowest BCUT2D eigenvalue weighted by molar-refractivity contribution is -0.133. The Labute approximate surface area is 89.1 Å². The zero-order chi connectivity index (χ0) is 10.1. The Morgan fingerprint density at radius 3 is 2.71 bits per heavy atom. The molecule has 1 aromatic heterocycles. The number of Topliss-reactive ketones (excluding diaryl/α,β-unsaturated/α-hetero) is 1. The Bertz CT molecular complexity index is 406. The van der Waals surface area contributed by atoms with Gasteiger partial charge in [-0.25, -0.2) is 0 Å². The van der Waals surface area contributed by atoms with Gasteiger partial charge in [0.05, 0.1) is 11.9 Å². The number of carbonyl (C=O) groups excluding carboxylic acids is 2. The van der Waals surface area contributed by atoms with Gasteiger partial charge in [0.15, 0.2) is 0 Å². The summed E-state index contributed by atoms with van der Waals surface area (Å²) in [6, 6.07) is 1.77. The molecule has 1 amide bonds. The highest BCUT2D eigenvalue weighted by Crippen LogP contribution is 2.21. The molecule has 14 heavy (non-hydrogen) atoms. The number of anilines is 1. The van der Waals surface area contributed by atoms with Crippen LogP contribution in [0.4, 0.5) is 5.69 Å². The second-order valence-corrected chi connectivity index (χ2v) is 3.91. The van der Waals surface area contributed by atoms with E-state index in [1.807, 2.05) is 0 Å². The fourth-order valence-electron chi connectivity index (χ4n) is 1.37. The van der Waals surface area contributed by atoms with Crippen LogP contribution >= 0.6 is 15.9 Å². The van der Waals surface area contributed by atoms with Crippen molar-refractivity contribution in [2.24, 2.45) is 0 Å². The van der Waals surface area contributed by atoms with Crippen LogP contribution in [0.15, 0.2) is 22.9 Å². The lowest BCUT2D eigenvalue weighted by atomic mass is 10.3. The molecule has 0 spiro atoms. The van der Waals surface area contributed by atoms with Crippen molar-refractivity contribution in [2.45, 2.75) is 6.42 Å². The highest BCUT2D eigenvalue weighted by atomic mass is 79.9. The van der Waals surface area contributed by atoms with Crippen molar-refractivity contribution in [3.63, 3.8) is 0 Å². The van der Waals surface area contributed by atoms with Gasteiger partial charge in [0.2, 0.25) is 5.78 Å². The summed E-state index contributed by atoms with van der Waals surface area (Å²) in [7, 11) is 0. The number of hydrogen-bond donors (Lipinski definition) is 0.